The maximum atomic E-state index is 11.0. The molecular weight excluding hydrogens is 252 g/mol. The molecule has 3 heteroatoms. The Morgan fingerprint density at radius 3 is 2.30 bits per heavy atom. The highest BCUT2D eigenvalue weighted by atomic mass is 16.5. The molecule has 20 heavy (non-hydrogen) atoms. The van der Waals surface area contributed by atoms with Gasteiger partial charge in [0.05, 0.1) is 12.7 Å². The van der Waals surface area contributed by atoms with Crippen LogP contribution in [0.15, 0.2) is 24.3 Å². The van der Waals surface area contributed by atoms with Crippen LogP contribution in [-0.4, -0.2) is 22.9 Å². The summed E-state index contributed by atoms with van der Waals surface area (Å²) in [5, 5.41) is 21.7. The lowest BCUT2D eigenvalue weighted by molar-refractivity contribution is -0.127. The Morgan fingerprint density at radius 2 is 1.80 bits per heavy atom. The van der Waals surface area contributed by atoms with Crippen molar-refractivity contribution in [3.05, 3.63) is 29.8 Å². The van der Waals surface area contributed by atoms with Crippen LogP contribution in [0.5, 0.6) is 5.75 Å². The molecule has 1 aliphatic carbocycles. The summed E-state index contributed by atoms with van der Waals surface area (Å²) < 4.78 is 5.13. The number of hydrogen-bond acceptors (Lipinski definition) is 3. The van der Waals surface area contributed by atoms with Gasteiger partial charge in [0.1, 0.15) is 11.9 Å². The molecule has 2 rings (SSSR count). The van der Waals surface area contributed by atoms with Crippen molar-refractivity contribution in [3.63, 3.8) is 0 Å². The van der Waals surface area contributed by atoms with Gasteiger partial charge in [-0.1, -0.05) is 38.3 Å². The molecule has 0 heterocycles. The quantitative estimate of drug-likeness (QED) is 0.867. The maximum Gasteiger partial charge on any atom is 0.118 e. The lowest BCUT2D eigenvalue weighted by Gasteiger charge is -2.41. The largest absolute Gasteiger partial charge is 0.497 e. The van der Waals surface area contributed by atoms with E-state index in [0.29, 0.717) is 6.42 Å². The normalized spacial score (nSPS) is 21.2. The molecule has 1 fully saturated rings. The predicted octanol–water partition coefficient (Wildman–Crippen LogP) is 3.45. The Labute approximate surface area is 121 Å². The third-order valence-corrected chi connectivity index (χ3v) is 4.78. The van der Waals surface area contributed by atoms with Crippen molar-refractivity contribution in [1.29, 1.82) is 0 Å². The fraction of sp³-hybridized carbons (Fsp3) is 0.647. The summed E-state index contributed by atoms with van der Waals surface area (Å²) in [5.41, 5.74) is -0.254. The number of hydrogen-bond donors (Lipinski definition) is 2. The monoisotopic (exact) mass is 278 g/mol. The number of ether oxygens (including phenoxy) is 1. The minimum atomic E-state index is -1.02. The van der Waals surface area contributed by atoms with Crippen LogP contribution in [0.25, 0.3) is 0 Å². The van der Waals surface area contributed by atoms with E-state index in [9.17, 15) is 10.2 Å². The highest BCUT2D eigenvalue weighted by molar-refractivity contribution is 5.30. The van der Waals surface area contributed by atoms with Crippen LogP contribution in [0, 0.1) is 5.92 Å². The van der Waals surface area contributed by atoms with E-state index in [1.807, 2.05) is 31.2 Å². The van der Waals surface area contributed by atoms with E-state index in [2.05, 4.69) is 0 Å². The molecule has 0 saturated heterocycles. The highest BCUT2D eigenvalue weighted by Gasteiger charge is 2.42. The SMILES string of the molecule is CC[C@](O)(C1CCCCC1)[C@@H](O)c1ccc(OC)cc1. The topological polar surface area (TPSA) is 49.7 Å². The van der Waals surface area contributed by atoms with E-state index in [1.54, 1.807) is 7.11 Å². The van der Waals surface area contributed by atoms with E-state index in [0.717, 1.165) is 37.0 Å². The molecule has 0 unspecified atom stereocenters. The maximum absolute atomic E-state index is 11.0. The number of benzene rings is 1. The van der Waals surface area contributed by atoms with Crippen molar-refractivity contribution in [3.8, 4) is 5.75 Å². The van der Waals surface area contributed by atoms with Crippen molar-refractivity contribution in [2.45, 2.75) is 57.2 Å². The van der Waals surface area contributed by atoms with Gasteiger partial charge in [-0.25, -0.2) is 0 Å². The summed E-state index contributed by atoms with van der Waals surface area (Å²) in [4.78, 5) is 0. The molecule has 1 aliphatic rings. The molecule has 0 radical (unpaired) electrons. The molecule has 0 spiro atoms. The number of rotatable bonds is 5. The molecule has 112 valence electrons. The number of aliphatic hydroxyl groups excluding tert-OH is 1. The summed E-state index contributed by atoms with van der Waals surface area (Å²) in [6.07, 6.45) is 5.32. The Bertz CT molecular complexity index is 409. The predicted molar refractivity (Wildman–Crippen MR) is 79.8 cm³/mol. The van der Waals surface area contributed by atoms with Crippen LogP contribution in [0.4, 0.5) is 0 Å². The van der Waals surface area contributed by atoms with Crippen LogP contribution in [0.1, 0.15) is 57.1 Å². The first-order valence-corrected chi connectivity index (χ1v) is 7.66. The van der Waals surface area contributed by atoms with Crippen LogP contribution >= 0.6 is 0 Å². The van der Waals surface area contributed by atoms with Crippen molar-refractivity contribution in [2.24, 2.45) is 5.92 Å². The van der Waals surface area contributed by atoms with Crippen LogP contribution in [-0.2, 0) is 0 Å². The van der Waals surface area contributed by atoms with Gasteiger partial charge >= 0.3 is 0 Å². The zero-order valence-electron chi connectivity index (χ0n) is 12.5. The van der Waals surface area contributed by atoms with Gasteiger partial charge in [-0.3, -0.25) is 0 Å². The number of aliphatic hydroxyl groups is 2. The molecule has 0 bridgehead atoms. The molecule has 0 aliphatic heterocycles. The lowest BCUT2D eigenvalue weighted by Crippen LogP contribution is -2.44. The number of methoxy groups -OCH3 is 1. The summed E-state index contributed by atoms with van der Waals surface area (Å²) in [5.74, 6) is 0.956. The first kappa shape index (κ1) is 15.3. The molecule has 1 aromatic rings. The second-order valence-corrected chi connectivity index (χ2v) is 5.86. The Kier molecular flexibility index (Phi) is 5.06. The van der Waals surface area contributed by atoms with Gasteiger partial charge < -0.3 is 14.9 Å². The van der Waals surface area contributed by atoms with Gasteiger partial charge in [0.2, 0.25) is 0 Å². The molecule has 0 aromatic heterocycles. The third kappa shape index (κ3) is 2.99. The fourth-order valence-corrected chi connectivity index (χ4v) is 3.38. The second kappa shape index (κ2) is 6.59. The zero-order chi connectivity index (χ0) is 14.6. The van der Waals surface area contributed by atoms with Crippen molar-refractivity contribution < 1.29 is 14.9 Å². The zero-order valence-corrected chi connectivity index (χ0v) is 12.5. The summed E-state index contributed by atoms with van der Waals surface area (Å²) in [7, 11) is 1.62. The Morgan fingerprint density at radius 1 is 1.20 bits per heavy atom. The summed E-state index contributed by atoms with van der Waals surface area (Å²) in [6, 6.07) is 7.34. The van der Waals surface area contributed by atoms with Crippen LogP contribution < -0.4 is 4.74 Å². The first-order chi connectivity index (χ1) is 9.61. The third-order valence-electron chi connectivity index (χ3n) is 4.78. The molecule has 1 aromatic carbocycles. The Hall–Kier alpha value is -1.06. The molecule has 0 amide bonds. The van der Waals surface area contributed by atoms with Gasteiger partial charge in [-0.05, 0) is 42.9 Å². The minimum absolute atomic E-state index is 0.193. The molecule has 2 N–H and O–H groups in total. The van der Waals surface area contributed by atoms with E-state index in [4.69, 9.17) is 4.74 Å². The van der Waals surface area contributed by atoms with E-state index < -0.39 is 11.7 Å². The standard InChI is InChI=1S/C17H26O3/c1-3-17(19,14-7-5-4-6-8-14)16(18)13-9-11-15(20-2)12-10-13/h9-12,14,16,18-19H,3-8H2,1-2H3/t16-,17-/m0/s1. The fourth-order valence-electron chi connectivity index (χ4n) is 3.38. The molecule has 1 saturated carbocycles. The van der Waals surface area contributed by atoms with E-state index >= 15 is 0 Å². The van der Waals surface area contributed by atoms with Gasteiger partial charge in [-0.2, -0.15) is 0 Å². The van der Waals surface area contributed by atoms with Crippen LogP contribution in [0.3, 0.4) is 0 Å². The van der Waals surface area contributed by atoms with E-state index in [-0.39, 0.29) is 5.92 Å². The smallest absolute Gasteiger partial charge is 0.118 e. The van der Waals surface area contributed by atoms with Crippen molar-refractivity contribution >= 4 is 0 Å². The van der Waals surface area contributed by atoms with Crippen LogP contribution in [0.2, 0.25) is 0 Å². The molecular formula is C17H26O3. The lowest BCUT2D eigenvalue weighted by atomic mass is 9.71. The molecule has 3 nitrogen and oxygen atoms in total. The average Bonchev–Trinajstić information content (AvgIpc) is 2.54. The van der Waals surface area contributed by atoms with Gasteiger partial charge in [0.15, 0.2) is 0 Å². The van der Waals surface area contributed by atoms with Gasteiger partial charge in [-0.15, -0.1) is 0 Å². The summed E-state index contributed by atoms with van der Waals surface area (Å²) >= 11 is 0. The molecule has 2 atom stereocenters. The van der Waals surface area contributed by atoms with Gasteiger partial charge in [0.25, 0.3) is 0 Å². The second-order valence-electron chi connectivity index (χ2n) is 5.86. The minimum Gasteiger partial charge on any atom is -0.497 e. The first-order valence-electron chi connectivity index (χ1n) is 7.66. The van der Waals surface area contributed by atoms with Crippen molar-refractivity contribution in [2.75, 3.05) is 7.11 Å². The highest BCUT2D eigenvalue weighted by Crippen LogP contribution is 2.42. The van der Waals surface area contributed by atoms with E-state index in [1.165, 1.54) is 6.42 Å². The Balaban J connectivity index is 2.19. The summed E-state index contributed by atoms with van der Waals surface area (Å²) in [6.45, 7) is 1.96. The van der Waals surface area contributed by atoms with Gasteiger partial charge in [0, 0.05) is 0 Å². The average molecular weight is 278 g/mol. The van der Waals surface area contributed by atoms with Crippen molar-refractivity contribution in [1.82, 2.24) is 0 Å².